The highest BCUT2D eigenvalue weighted by molar-refractivity contribution is 7.98. The molecule has 0 atom stereocenters. The minimum absolute atomic E-state index is 0.569. The van der Waals surface area contributed by atoms with Crippen LogP contribution in [-0.4, -0.2) is 16.2 Å². The van der Waals surface area contributed by atoms with E-state index in [9.17, 15) is 0 Å². The Morgan fingerprint density at radius 1 is 1.50 bits per heavy atom. The molecule has 0 aromatic carbocycles. The number of anilines is 1. The van der Waals surface area contributed by atoms with Gasteiger partial charge in [0.1, 0.15) is 17.2 Å². The van der Waals surface area contributed by atoms with Crippen molar-refractivity contribution in [1.29, 1.82) is 0 Å². The SMILES string of the molecule is CSc1ncnc(N)c1C. The summed E-state index contributed by atoms with van der Waals surface area (Å²) < 4.78 is 0. The molecule has 1 aromatic heterocycles. The number of hydrogen-bond acceptors (Lipinski definition) is 4. The van der Waals surface area contributed by atoms with Crippen LogP contribution in [0.1, 0.15) is 5.56 Å². The summed E-state index contributed by atoms with van der Waals surface area (Å²) in [5, 5.41) is 0.951. The minimum Gasteiger partial charge on any atom is -0.383 e. The summed E-state index contributed by atoms with van der Waals surface area (Å²) >= 11 is 1.58. The molecule has 0 amide bonds. The molecule has 2 N–H and O–H groups in total. The Morgan fingerprint density at radius 2 is 2.20 bits per heavy atom. The van der Waals surface area contributed by atoms with Crippen LogP contribution in [0.15, 0.2) is 11.4 Å². The molecule has 4 heteroatoms. The Morgan fingerprint density at radius 3 is 2.70 bits per heavy atom. The van der Waals surface area contributed by atoms with E-state index in [0.717, 1.165) is 10.6 Å². The number of thioether (sulfide) groups is 1. The van der Waals surface area contributed by atoms with Crippen LogP contribution >= 0.6 is 11.8 Å². The van der Waals surface area contributed by atoms with Crippen molar-refractivity contribution in [3.05, 3.63) is 11.9 Å². The lowest BCUT2D eigenvalue weighted by molar-refractivity contribution is 1.02. The van der Waals surface area contributed by atoms with Gasteiger partial charge in [0.25, 0.3) is 0 Å². The second-order valence-electron chi connectivity index (χ2n) is 1.89. The van der Waals surface area contributed by atoms with Crippen LogP contribution in [0.2, 0.25) is 0 Å². The van der Waals surface area contributed by atoms with Gasteiger partial charge in [0.15, 0.2) is 0 Å². The molecule has 3 nitrogen and oxygen atoms in total. The van der Waals surface area contributed by atoms with Gasteiger partial charge in [-0.05, 0) is 13.2 Å². The van der Waals surface area contributed by atoms with Crippen LogP contribution in [0, 0.1) is 6.92 Å². The lowest BCUT2D eigenvalue weighted by atomic mass is 10.4. The molecule has 1 rings (SSSR count). The van der Waals surface area contributed by atoms with Gasteiger partial charge in [-0.2, -0.15) is 0 Å². The Bertz CT molecular complexity index is 236. The third-order valence-corrected chi connectivity index (χ3v) is 2.07. The number of aromatic nitrogens is 2. The van der Waals surface area contributed by atoms with Crippen molar-refractivity contribution in [3.63, 3.8) is 0 Å². The minimum atomic E-state index is 0.569. The average molecular weight is 155 g/mol. The summed E-state index contributed by atoms with van der Waals surface area (Å²) in [6.07, 6.45) is 3.45. The van der Waals surface area contributed by atoms with Crippen LogP contribution in [0.3, 0.4) is 0 Å². The van der Waals surface area contributed by atoms with Crippen molar-refractivity contribution in [3.8, 4) is 0 Å². The number of nitrogen functional groups attached to an aromatic ring is 1. The van der Waals surface area contributed by atoms with Crippen LogP contribution in [-0.2, 0) is 0 Å². The van der Waals surface area contributed by atoms with E-state index in [2.05, 4.69) is 9.97 Å². The molecule has 0 radical (unpaired) electrons. The van der Waals surface area contributed by atoms with Gasteiger partial charge in [0, 0.05) is 5.56 Å². The summed E-state index contributed by atoms with van der Waals surface area (Å²) in [6, 6.07) is 0. The number of hydrogen-bond donors (Lipinski definition) is 1. The van der Waals surface area contributed by atoms with Crippen LogP contribution in [0.4, 0.5) is 5.82 Å². The monoisotopic (exact) mass is 155 g/mol. The third kappa shape index (κ3) is 1.21. The summed E-state index contributed by atoms with van der Waals surface area (Å²) in [6.45, 7) is 1.92. The highest BCUT2D eigenvalue weighted by Crippen LogP contribution is 2.18. The predicted octanol–water partition coefficient (Wildman–Crippen LogP) is 1.09. The lowest BCUT2D eigenvalue weighted by Crippen LogP contribution is -1.96. The molecule has 0 aliphatic carbocycles. The van der Waals surface area contributed by atoms with Crippen molar-refractivity contribution >= 4 is 17.6 Å². The van der Waals surface area contributed by atoms with E-state index in [1.165, 1.54) is 6.33 Å². The maximum Gasteiger partial charge on any atom is 0.130 e. The maximum atomic E-state index is 5.53. The fourth-order valence-corrected chi connectivity index (χ4v) is 1.22. The molecule has 0 aliphatic rings. The quantitative estimate of drug-likeness (QED) is 0.487. The van der Waals surface area contributed by atoms with E-state index in [1.54, 1.807) is 11.8 Å². The van der Waals surface area contributed by atoms with E-state index in [4.69, 9.17) is 5.73 Å². The molecule has 1 aromatic rings. The maximum absolute atomic E-state index is 5.53. The largest absolute Gasteiger partial charge is 0.383 e. The van der Waals surface area contributed by atoms with Gasteiger partial charge in [0.2, 0.25) is 0 Å². The molecule has 0 aliphatic heterocycles. The summed E-state index contributed by atoms with van der Waals surface area (Å²) in [5.74, 6) is 0.569. The Labute approximate surface area is 64.1 Å². The third-order valence-electron chi connectivity index (χ3n) is 1.27. The highest BCUT2D eigenvalue weighted by atomic mass is 32.2. The smallest absolute Gasteiger partial charge is 0.130 e. The Hall–Kier alpha value is -0.770. The van der Waals surface area contributed by atoms with Crippen molar-refractivity contribution in [2.45, 2.75) is 11.9 Å². The first kappa shape index (κ1) is 7.34. The number of nitrogens with two attached hydrogens (primary N) is 1. The Balaban J connectivity index is 3.14. The summed E-state index contributed by atoms with van der Waals surface area (Å²) in [4.78, 5) is 7.87. The lowest BCUT2D eigenvalue weighted by Gasteiger charge is -2.00. The molecular formula is C6H9N3S. The predicted molar refractivity (Wildman–Crippen MR) is 43.0 cm³/mol. The first-order chi connectivity index (χ1) is 4.75. The van der Waals surface area contributed by atoms with Crippen LogP contribution in [0.25, 0.3) is 0 Å². The van der Waals surface area contributed by atoms with Crippen LogP contribution < -0.4 is 5.73 Å². The van der Waals surface area contributed by atoms with Gasteiger partial charge in [-0.1, -0.05) is 0 Å². The van der Waals surface area contributed by atoms with E-state index in [-0.39, 0.29) is 0 Å². The zero-order valence-corrected chi connectivity index (χ0v) is 6.77. The Kier molecular flexibility index (Phi) is 2.11. The number of rotatable bonds is 1. The van der Waals surface area contributed by atoms with Crippen molar-refractivity contribution < 1.29 is 0 Å². The fourth-order valence-electron chi connectivity index (χ4n) is 0.653. The number of nitrogens with zero attached hydrogens (tertiary/aromatic N) is 2. The van der Waals surface area contributed by atoms with Gasteiger partial charge >= 0.3 is 0 Å². The fraction of sp³-hybridized carbons (Fsp3) is 0.333. The zero-order valence-electron chi connectivity index (χ0n) is 5.96. The summed E-state index contributed by atoms with van der Waals surface area (Å²) in [7, 11) is 0. The van der Waals surface area contributed by atoms with Gasteiger partial charge in [0.05, 0.1) is 0 Å². The zero-order chi connectivity index (χ0) is 7.56. The van der Waals surface area contributed by atoms with Gasteiger partial charge in [-0.3, -0.25) is 0 Å². The second-order valence-corrected chi connectivity index (χ2v) is 2.69. The first-order valence-electron chi connectivity index (χ1n) is 2.86. The molecule has 0 saturated carbocycles. The van der Waals surface area contributed by atoms with E-state index in [0.29, 0.717) is 5.82 Å². The molecule has 0 saturated heterocycles. The molecule has 1 heterocycles. The van der Waals surface area contributed by atoms with Gasteiger partial charge in [-0.25, -0.2) is 9.97 Å². The first-order valence-corrected chi connectivity index (χ1v) is 4.09. The van der Waals surface area contributed by atoms with Crippen molar-refractivity contribution in [2.24, 2.45) is 0 Å². The summed E-state index contributed by atoms with van der Waals surface area (Å²) in [5.41, 5.74) is 6.50. The van der Waals surface area contributed by atoms with E-state index in [1.807, 2.05) is 13.2 Å². The molecule has 0 bridgehead atoms. The average Bonchev–Trinajstić information content (AvgIpc) is 1.95. The topological polar surface area (TPSA) is 51.8 Å². The van der Waals surface area contributed by atoms with Gasteiger partial charge in [-0.15, -0.1) is 11.8 Å². The van der Waals surface area contributed by atoms with Crippen molar-refractivity contribution in [2.75, 3.05) is 12.0 Å². The molecule has 54 valence electrons. The second kappa shape index (κ2) is 2.88. The van der Waals surface area contributed by atoms with Crippen molar-refractivity contribution in [1.82, 2.24) is 9.97 Å². The standard InChI is InChI=1S/C6H9N3S/c1-4-5(7)8-3-9-6(4)10-2/h3H,1-2H3,(H2,7,8,9). The van der Waals surface area contributed by atoms with E-state index < -0.39 is 0 Å². The molecule has 0 fully saturated rings. The van der Waals surface area contributed by atoms with Crippen LogP contribution in [0.5, 0.6) is 0 Å². The molecule has 0 spiro atoms. The van der Waals surface area contributed by atoms with E-state index >= 15 is 0 Å². The normalized spacial score (nSPS) is 9.80. The van der Waals surface area contributed by atoms with Gasteiger partial charge < -0.3 is 5.73 Å². The molecule has 10 heavy (non-hydrogen) atoms. The molecule has 0 unspecified atom stereocenters. The molecular weight excluding hydrogens is 146 g/mol. The highest BCUT2D eigenvalue weighted by Gasteiger charge is 2.00.